The van der Waals surface area contributed by atoms with Gasteiger partial charge in [-0.25, -0.2) is 0 Å². The van der Waals surface area contributed by atoms with E-state index in [1.54, 1.807) is 13.3 Å². The fraction of sp³-hybridized carbons (Fsp3) is 0.353. The number of hydrogen-bond donors (Lipinski definition) is 2. The van der Waals surface area contributed by atoms with Crippen LogP contribution in [0.5, 0.6) is 5.75 Å². The first-order valence-electron chi connectivity index (χ1n) is 7.24. The molecule has 1 atom stereocenters. The molecule has 1 heterocycles. The van der Waals surface area contributed by atoms with Crippen LogP contribution in [-0.2, 0) is 0 Å². The average molecular weight is 285 g/mol. The first-order valence-corrected chi connectivity index (χ1v) is 7.24. The fourth-order valence-electron chi connectivity index (χ4n) is 2.39. The molecule has 1 aromatic heterocycles. The van der Waals surface area contributed by atoms with Gasteiger partial charge in [0.15, 0.2) is 0 Å². The molecule has 0 aliphatic carbocycles. The zero-order valence-corrected chi connectivity index (χ0v) is 12.9. The number of nitrogen functional groups attached to an aromatic ring is 1. The summed E-state index contributed by atoms with van der Waals surface area (Å²) < 4.78 is 5.55. The average Bonchev–Trinajstić information content (AvgIpc) is 2.50. The van der Waals surface area contributed by atoms with Crippen molar-refractivity contribution in [2.24, 2.45) is 0 Å². The highest BCUT2D eigenvalue weighted by Gasteiger charge is 2.20. The van der Waals surface area contributed by atoms with Crippen LogP contribution in [0.15, 0.2) is 36.7 Å². The van der Waals surface area contributed by atoms with E-state index in [9.17, 15) is 0 Å². The summed E-state index contributed by atoms with van der Waals surface area (Å²) in [4.78, 5) is 4.21. The van der Waals surface area contributed by atoms with E-state index in [4.69, 9.17) is 10.5 Å². The first kappa shape index (κ1) is 15.3. The van der Waals surface area contributed by atoms with Gasteiger partial charge < -0.3 is 15.8 Å². The smallest absolute Gasteiger partial charge is 0.124 e. The molecule has 1 unspecified atom stereocenters. The predicted molar refractivity (Wildman–Crippen MR) is 86.5 cm³/mol. The number of nitrogens with zero attached hydrogens (tertiary/aromatic N) is 1. The molecule has 0 aliphatic rings. The van der Waals surface area contributed by atoms with Gasteiger partial charge >= 0.3 is 0 Å². The number of rotatable bonds is 6. The van der Waals surface area contributed by atoms with Gasteiger partial charge in [0.2, 0.25) is 0 Å². The second-order valence-corrected chi connectivity index (χ2v) is 5.14. The number of nitrogens with one attached hydrogen (secondary N) is 1. The monoisotopic (exact) mass is 285 g/mol. The maximum Gasteiger partial charge on any atom is 0.124 e. The van der Waals surface area contributed by atoms with E-state index >= 15 is 0 Å². The van der Waals surface area contributed by atoms with Crippen molar-refractivity contribution in [2.75, 3.05) is 19.4 Å². The number of nitrogens with two attached hydrogens (primary N) is 1. The van der Waals surface area contributed by atoms with Crippen LogP contribution in [0.2, 0.25) is 0 Å². The number of ether oxygens (including phenoxy) is 1. The van der Waals surface area contributed by atoms with Gasteiger partial charge in [-0.2, -0.15) is 0 Å². The molecule has 0 spiro atoms. The quantitative estimate of drug-likeness (QED) is 0.856. The summed E-state index contributed by atoms with van der Waals surface area (Å²) in [7, 11) is 1.70. The van der Waals surface area contributed by atoms with Gasteiger partial charge in [-0.05, 0) is 37.6 Å². The Bertz CT molecular complexity index is 598. The molecule has 0 amide bonds. The van der Waals surface area contributed by atoms with E-state index < -0.39 is 0 Å². The maximum absolute atomic E-state index is 6.13. The van der Waals surface area contributed by atoms with E-state index in [0.717, 1.165) is 35.5 Å². The summed E-state index contributed by atoms with van der Waals surface area (Å²) >= 11 is 0. The molecule has 0 aliphatic heterocycles. The van der Waals surface area contributed by atoms with Crippen molar-refractivity contribution in [1.29, 1.82) is 0 Å². The summed E-state index contributed by atoms with van der Waals surface area (Å²) in [6, 6.07) is 8.03. The Hall–Kier alpha value is -2.07. The normalized spacial score (nSPS) is 12.1. The molecule has 0 saturated heterocycles. The van der Waals surface area contributed by atoms with Crippen molar-refractivity contribution in [1.82, 2.24) is 10.3 Å². The number of hydrogen-bond acceptors (Lipinski definition) is 4. The first-order chi connectivity index (χ1) is 10.2. The number of methoxy groups -OCH3 is 1. The lowest BCUT2D eigenvalue weighted by molar-refractivity contribution is 0.403. The van der Waals surface area contributed by atoms with Crippen molar-refractivity contribution in [3.63, 3.8) is 0 Å². The maximum atomic E-state index is 6.13. The Balaban J connectivity index is 2.48. The topological polar surface area (TPSA) is 60.2 Å². The van der Waals surface area contributed by atoms with Gasteiger partial charge in [-0.15, -0.1) is 0 Å². The van der Waals surface area contributed by atoms with E-state index in [1.165, 1.54) is 5.56 Å². The van der Waals surface area contributed by atoms with Gasteiger partial charge in [0.25, 0.3) is 0 Å². The number of aromatic nitrogens is 1. The zero-order chi connectivity index (χ0) is 15.2. The lowest BCUT2D eigenvalue weighted by Gasteiger charge is -2.23. The zero-order valence-electron chi connectivity index (χ0n) is 12.9. The molecule has 3 N–H and O–H groups in total. The van der Waals surface area contributed by atoms with Crippen LogP contribution < -0.4 is 15.8 Å². The highest BCUT2D eigenvalue weighted by atomic mass is 16.5. The van der Waals surface area contributed by atoms with Gasteiger partial charge in [-0.3, -0.25) is 4.98 Å². The minimum absolute atomic E-state index is 0.0193. The predicted octanol–water partition coefficient (Wildman–Crippen LogP) is 3.07. The molecule has 2 aromatic rings. The molecule has 2 rings (SSSR count). The van der Waals surface area contributed by atoms with Crippen LogP contribution in [0.25, 0.3) is 0 Å². The molecule has 1 aromatic carbocycles. The molecule has 21 heavy (non-hydrogen) atoms. The second-order valence-electron chi connectivity index (χ2n) is 5.14. The second kappa shape index (κ2) is 7.09. The molecule has 0 radical (unpaired) electrons. The summed E-state index contributed by atoms with van der Waals surface area (Å²) in [6.45, 7) is 5.10. The van der Waals surface area contributed by atoms with Crippen molar-refractivity contribution in [3.8, 4) is 5.75 Å². The highest BCUT2D eigenvalue weighted by molar-refractivity contribution is 5.52. The van der Waals surface area contributed by atoms with Crippen molar-refractivity contribution in [2.45, 2.75) is 26.3 Å². The molecular formula is C17H23N3O. The van der Waals surface area contributed by atoms with E-state index in [2.05, 4.69) is 36.3 Å². The third kappa shape index (κ3) is 3.52. The van der Waals surface area contributed by atoms with Crippen molar-refractivity contribution >= 4 is 5.69 Å². The van der Waals surface area contributed by atoms with Crippen LogP contribution in [-0.4, -0.2) is 18.6 Å². The summed E-state index contributed by atoms with van der Waals surface area (Å²) in [6.07, 6.45) is 4.58. The molecule has 0 saturated carbocycles. The van der Waals surface area contributed by atoms with Crippen LogP contribution in [0.1, 0.15) is 36.1 Å². The third-order valence-corrected chi connectivity index (χ3v) is 3.50. The van der Waals surface area contributed by atoms with Crippen LogP contribution >= 0.6 is 0 Å². The van der Waals surface area contributed by atoms with E-state index in [-0.39, 0.29) is 6.04 Å². The number of benzene rings is 1. The highest BCUT2D eigenvalue weighted by Crippen LogP contribution is 2.32. The standard InChI is InChI=1S/C17H23N3O/c1-4-8-20-17(14-11-19-9-7-15(14)18)13-6-5-12(2)10-16(13)21-3/h5-7,9-11,17,20H,4,8H2,1-3H3,(H2,18,19). The minimum atomic E-state index is -0.0193. The fourth-order valence-corrected chi connectivity index (χ4v) is 2.39. The molecular weight excluding hydrogens is 262 g/mol. The Labute approximate surface area is 126 Å². The number of pyridine rings is 1. The number of aryl methyl sites for hydroxylation is 1. The Morgan fingerprint density at radius 2 is 2.10 bits per heavy atom. The molecule has 4 heteroatoms. The molecule has 0 fully saturated rings. The summed E-state index contributed by atoms with van der Waals surface area (Å²) in [5.41, 5.74) is 10.1. The van der Waals surface area contributed by atoms with Gasteiger partial charge in [0, 0.05) is 29.2 Å². The molecule has 0 bridgehead atoms. The summed E-state index contributed by atoms with van der Waals surface area (Å²) in [5, 5.41) is 3.54. The van der Waals surface area contributed by atoms with Crippen LogP contribution in [0.4, 0.5) is 5.69 Å². The van der Waals surface area contributed by atoms with Gasteiger partial charge in [-0.1, -0.05) is 19.1 Å². The van der Waals surface area contributed by atoms with Crippen molar-refractivity contribution in [3.05, 3.63) is 53.3 Å². The molecule has 112 valence electrons. The van der Waals surface area contributed by atoms with Crippen LogP contribution in [0.3, 0.4) is 0 Å². The largest absolute Gasteiger partial charge is 0.496 e. The van der Waals surface area contributed by atoms with E-state index in [0.29, 0.717) is 0 Å². The number of anilines is 1. The Kier molecular flexibility index (Phi) is 5.17. The lowest BCUT2D eigenvalue weighted by Crippen LogP contribution is -2.24. The van der Waals surface area contributed by atoms with Gasteiger partial charge in [0.05, 0.1) is 13.2 Å². The molecule has 4 nitrogen and oxygen atoms in total. The van der Waals surface area contributed by atoms with Crippen molar-refractivity contribution < 1.29 is 4.74 Å². The Morgan fingerprint density at radius 1 is 1.29 bits per heavy atom. The summed E-state index contributed by atoms with van der Waals surface area (Å²) in [5.74, 6) is 0.867. The Morgan fingerprint density at radius 3 is 2.76 bits per heavy atom. The van der Waals surface area contributed by atoms with Crippen LogP contribution in [0, 0.1) is 6.92 Å². The van der Waals surface area contributed by atoms with Gasteiger partial charge in [0.1, 0.15) is 5.75 Å². The SMILES string of the molecule is CCCNC(c1cnccc1N)c1ccc(C)cc1OC. The lowest BCUT2D eigenvalue weighted by atomic mass is 9.96. The minimum Gasteiger partial charge on any atom is -0.496 e. The third-order valence-electron chi connectivity index (χ3n) is 3.50. The van der Waals surface area contributed by atoms with E-state index in [1.807, 2.05) is 18.3 Å².